The van der Waals surface area contributed by atoms with E-state index in [1.54, 1.807) is 30.1 Å². The lowest BCUT2D eigenvalue weighted by Crippen LogP contribution is -2.30. The van der Waals surface area contributed by atoms with E-state index in [1.807, 2.05) is 0 Å². The van der Waals surface area contributed by atoms with Gasteiger partial charge in [0.25, 0.3) is 10.0 Å². The van der Waals surface area contributed by atoms with Crippen molar-refractivity contribution in [2.24, 2.45) is 7.05 Å². The summed E-state index contributed by atoms with van der Waals surface area (Å²) in [5.74, 6) is -0.00287. The topological polar surface area (TPSA) is 64.0 Å². The Kier molecular flexibility index (Phi) is 4.73. The molecule has 9 heteroatoms. The average molecular weight is 386 g/mol. The van der Waals surface area contributed by atoms with Crippen LogP contribution in [-0.2, 0) is 17.1 Å². The summed E-state index contributed by atoms with van der Waals surface area (Å²) in [7, 11) is -2.09. The highest BCUT2D eigenvalue weighted by Gasteiger charge is 2.27. The summed E-state index contributed by atoms with van der Waals surface area (Å²) >= 11 is 6.78. The number of hydrogen-bond donors (Lipinski definition) is 1. The summed E-state index contributed by atoms with van der Waals surface area (Å²) in [6.07, 6.45) is 3.25. The quantitative estimate of drug-likeness (QED) is 0.732. The van der Waals surface area contributed by atoms with Gasteiger partial charge >= 0.3 is 0 Å². The Morgan fingerprint density at radius 3 is 2.71 bits per heavy atom. The second-order valence-electron chi connectivity index (χ2n) is 5.06. The predicted octanol–water partition coefficient (Wildman–Crippen LogP) is 3.34. The van der Waals surface area contributed by atoms with E-state index >= 15 is 0 Å². The molecule has 0 radical (unpaired) electrons. The zero-order valence-corrected chi connectivity index (χ0v) is 14.9. The number of imidazole rings is 1. The Morgan fingerprint density at radius 1 is 1.33 bits per heavy atom. The molecule has 0 saturated carbocycles. The summed E-state index contributed by atoms with van der Waals surface area (Å²) in [5, 5.41) is 0. The standard InChI is InChI=1S/C15H13ClFN3O2S2/c1-20-8-7-18-15(20)14(10-3-2-4-11(17)9-10)19-24(21,22)13-6-5-12(16)23-13/h2-9,14,19H,1H3/t14-/m1/s1. The van der Waals surface area contributed by atoms with E-state index in [-0.39, 0.29) is 4.21 Å². The normalized spacial score (nSPS) is 13.1. The highest BCUT2D eigenvalue weighted by Crippen LogP contribution is 2.28. The SMILES string of the molecule is Cn1ccnc1[C@H](NS(=O)(=O)c1ccc(Cl)s1)c1cccc(F)c1. The molecule has 0 aliphatic rings. The molecule has 0 aliphatic heterocycles. The summed E-state index contributed by atoms with van der Waals surface area (Å²) in [4.78, 5) is 4.20. The molecule has 126 valence electrons. The smallest absolute Gasteiger partial charge is 0.251 e. The van der Waals surface area contributed by atoms with Gasteiger partial charge in [0.05, 0.1) is 4.34 Å². The first-order valence-corrected chi connectivity index (χ1v) is 9.55. The molecule has 3 aromatic rings. The van der Waals surface area contributed by atoms with Gasteiger partial charge in [-0.1, -0.05) is 23.7 Å². The third-order valence-corrected chi connectivity index (χ3v) is 6.53. The first-order valence-electron chi connectivity index (χ1n) is 6.87. The van der Waals surface area contributed by atoms with E-state index in [2.05, 4.69) is 9.71 Å². The number of nitrogens with zero attached hydrogens (tertiary/aromatic N) is 2. The fourth-order valence-electron chi connectivity index (χ4n) is 2.27. The van der Waals surface area contributed by atoms with Crippen LogP contribution >= 0.6 is 22.9 Å². The van der Waals surface area contributed by atoms with E-state index < -0.39 is 21.9 Å². The van der Waals surface area contributed by atoms with Crippen molar-refractivity contribution in [1.82, 2.24) is 14.3 Å². The van der Waals surface area contributed by atoms with Crippen LogP contribution in [-0.4, -0.2) is 18.0 Å². The molecule has 2 heterocycles. The van der Waals surface area contributed by atoms with Gasteiger partial charge in [0.1, 0.15) is 21.9 Å². The minimum Gasteiger partial charge on any atom is -0.336 e. The Morgan fingerprint density at radius 2 is 2.12 bits per heavy atom. The van der Waals surface area contributed by atoms with E-state index in [0.29, 0.717) is 15.7 Å². The Bertz CT molecular complexity index is 969. The van der Waals surface area contributed by atoms with E-state index in [9.17, 15) is 12.8 Å². The van der Waals surface area contributed by atoms with Gasteiger partial charge in [-0.15, -0.1) is 11.3 Å². The van der Waals surface area contributed by atoms with E-state index in [4.69, 9.17) is 11.6 Å². The van der Waals surface area contributed by atoms with Crippen molar-refractivity contribution in [3.8, 4) is 0 Å². The number of halogens is 2. The van der Waals surface area contributed by atoms with Gasteiger partial charge in [0, 0.05) is 19.4 Å². The van der Waals surface area contributed by atoms with Crippen molar-refractivity contribution in [2.75, 3.05) is 0 Å². The van der Waals surface area contributed by atoms with Crippen LogP contribution in [0.5, 0.6) is 0 Å². The molecular formula is C15H13ClFN3O2S2. The molecule has 24 heavy (non-hydrogen) atoms. The molecule has 1 N–H and O–H groups in total. The monoisotopic (exact) mass is 385 g/mol. The average Bonchev–Trinajstić information content (AvgIpc) is 3.14. The molecule has 3 rings (SSSR count). The Balaban J connectivity index is 2.04. The number of nitrogens with one attached hydrogen (secondary N) is 1. The maximum atomic E-state index is 13.6. The van der Waals surface area contributed by atoms with Crippen molar-refractivity contribution in [2.45, 2.75) is 10.3 Å². The van der Waals surface area contributed by atoms with Gasteiger partial charge in [-0.2, -0.15) is 4.72 Å². The fraction of sp³-hybridized carbons (Fsp3) is 0.133. The minimum absolute atomic E-state index is 0.0862. The molecule has 0 unspecified atom stereocenters. The number of hydrogen-bond acceptors (Lipinski definition) is 4. The minimum atomic E-state index is -3.83. The van der Waals surface area contributed by atoms with Gasteiger partial charge in [-0.25, -0.2) is 17.8 Å². The summed E-state index contributed by atoms with van der Waals surface area (Å²) < 4.78 is 43.6. The lowest BCUT2D eigenvalue weighted by atomic mass is 10.1. The highest BCUT2D eigenvalue weighted by atomic mass is 35.5. The van der Waals surface area contributed by atoms with Crippen molar-refractivity contribution in [1.29, 1.82) is 0 Å². The van der Waals surface area contributed by atoms with Gasteiger partial charge in [0.15, 0.2) is 0 Å². The largest absolute Gasteiger partial charge is 0.336 e. The maximum Gasteiger partial charge on any atom is 0.251 e. The molecule has 5 nitrogen and oxygen atoms in total. The summed E-state index contributed by atoms with van der Waals surface area (Å²) in [6.45, 7) is 0. The van der Waals surface area contributed by atoms with Gasteiger partial charge in [-0.05, 0) is 29.8 Å². The fourth-order valence-corrected chi connectivity index (χ4v) is 4.95. The van der Waals surface area contributed by atoms with Gasteiger partial charge in [0.2, 0.25) is 0 Å². The van der Waals surface area contributed by atoms with Crippen LogP contribution in [0.3, 0.4) is 0 Å². The molecule has 0 fully saturated rings. The van der Waals surface area contributed by atoms with Gasteiger partial charge < -0.3 is 4.57 Å². The number of rotatable bonds is 5. The molecule has 0 amide bonds. The van der Waals surface area contributed by atoms with Crippen LogP contribution in [0.4, 0.5) is 4.39 Å². The molecule has 0 saturated heterocycles. The van der Waals surface area contributed by atoms with Crippen LogP contribution in [0.1, 0.15) is 17.4 Å². The maximum absolute atomic E-state index is 13.6. The first kappa shape index (κ1) is 17.1. The molecule has 0 aliphatic carbocycles. The number of sulfonamides is 1. The third kappa shape index (κ3) is 3.51. The van der Waals surface area contributed by atoms with Crippen LogP contribution in [0.2, 0.25) is 4.34 Å². The molecule has 1 aromatic carbocycles. The molecule has 0 spiro atoms. The van der Waals surface area contributed by atoms with Crippen molar-refractivity contribution >= 4 is 33.0 Å². The van der Waals surface area contributed by atoms with Crippen LogP contribution in [0, 0.1) is 5.82 Å². The molecule has 2 aromatic heterocycles. The Hall–Kier alpha value is -1.74. The van der Waals surface area contributed by atoms with Crippen LogP contribution in [0.25, 0.3) is 0 Å². The van der Waals surface area contributed by atoms with Crippen molar-refractivity contribution in [3.05, 3.63) is 70.3 Å². The Labute approximate surface area is 147 Å². The van der Waals surface area contributed by atoms with E-state index in [0.717, 1.165) is 11.3 Å². The lowest BCUT2D eigenvalue weighted by Gasteiger charge is -2.18. The third-order valence-electron chi connectivity index (χ3n) is 3.39. The molecule has 0 bridgehead atoms. The van der Waals surface area contributed by atoms with Crippen LogP contribution in [0.15, 0.2) is 53.0 Å². The lowest BCUT2D eigenvalue weighted by molar-refractivity contribution is 0.562. The number of aryl methyl sites for hydroxylation is 1. The predicted molar refractivity (Wildman–Crippen MR) is 91.1 cm³/mol. The number of aromatic nitrogens is 2. The zero-order chi connectivity index (χ0) is 17.3. The summed E-state index contributed by atoms with van der Waals surface area (Å²) in [5.41, 5.74) is 0.454. The second kappa shape index (κ2) is 6.64. The number of thiophene rings is 1. The molecule has 1 atom stereocenters. The van der Waals surface area contributed by atoms with Gasteiger partial charge in [-0.3, -0.25) is 0 Å². The van der Waals surface area contributed by atoms with Crippen molar-refractivity contribution < 1.29 is 12.8 Å². The summed E-state index contributed by atoms with van der Waals surface area (Å²) in [6, 6.07) is 7.86. The molecular weight excluding hydrogens is 373 g/mol. The van der Waals surface area contributed by atoms with E-state index in [1.165, 1.54) is 30.3 Å². The number of benzene rings is 1. The van der Waals surface area contributed by atoms with Crippen LogP contribution < -0.4 is 4.72 Å². The van der Waals surface area contributed by atoms with Crippen molar-refractivity contribution in [3.63, 3.8) is 0 Å². The zero-order valence-electron chi connectivity index (χ0n) is 12.5. The first-order chi connectivity index (χ1) is 11.4. The second-order valence-corrected chi connectivity index (χ2v) is 8.72. The highest BCUT2D eigenvalue weighted by molar-refractivity contribution is 7.91.